The van der Waals surface area contributed by atoms with Crippen molar-refractivity contribution in [3.05, 3.63) is 188 Å². The third-order valence-corrected chi connectivity index (χ3v) is 9.98. The molecule has 2 aromatic heterocycles. The normalized spacial score (nSPS) is 13.9. The number of fused-ring (bicyclic) bond motifs is 9. The van der Waals surface area contributed by atoms with Gasteiger partial charge in [-0.1, -0.05) is 121 Å². The molecule has 0 aliphatic carbocycles. The summed E-state index contributed by atoms with van der Waals surface area (Å²) in [7, 11) is 0. The van der Waals surface area contributed by atoms with E-state index >= 15 is 0 Å². The molecule has 53 heavy (non-hydrogen) atoms. The van der Waals surface area contributed by atoms with Gasteiger partial charge in [-0.2, -0.15) is 0 Å². The summed E-state index contributed by atoms with van der Waals surface area (Å²) in [6.45, 7) is 0. The van der Waals surface area contributed by atoms with Crippen LogP contribution in [0.1, 0.15) is 11.0 Å². The molecule has 0 saturated carbocycles. The number of furan rings is 2. The van der Waals surface area contributed by atoms with Crippen molar-refractivity contribution in [2.24, 2.45) is 0 Å². The summed E-state index contributed by atoms with van der Waals surface area (Å²) in [5, 5.41) is 6.47. The van der Waals surface area contributed by atoms with E-state index in [4.69, 9.17) is 8.83 Å². The molecule has 2 heterocycles. The molecule has 0 N–H and O–H groups in total. The molecular formula is C50H31NO2. The summed E-state index contributed by atoms with van der Waals surface area (Å²) >= 11 is 0. The van der Waals surface area contributed by atoms with Crippen molar-refractivity contribution in [1.29, 1.82) is 0 Å². The lowest BCUT2D eigenvalue weighted by atomic mass is 10.00. The molecule has 0 saturated heterocycles. The van der Waals surface area contributed by atoms with Gasteiger partial charge in [0.2, 0.25) is 0 Å². The molecule has 3 nitrogen and oxygen atoms in total. The van der Waals surface area contributed by atoms with Gasteiger partial charge in [0.15, 0.2) is 0 Å². The minimum atomic E-state index is -0.432. The van der Waals surface area contributed by atoms with E-state index in [1.165, 1.54) is 4.90 Å². The van der Waals surface area contributed by atoms with Crippen LogP contribution >= 0.6 is 0 Å². The van der Waals surface area contributed by atoms with Gasteiger partial charge >= 0.3 is 0 Å². The molecule has 0 bridgehead atoms. The number of hydrogen-bond donors (Lipinski definition) is 0. The highest BCUT2D eigenvalue weighted by molar-refractivity contribution is 6.19. The second-order valence-electron chi connectivity index (χ2n) is 13.1. The van der Waals surface area contributed by atoms with Gasteiger partial charge in [-0.25, -0.2) is 0 Å². The molecule has 0 unspecified atom stereocenters. The Labute approximate surface area is 316 Å². The Kier molecular flexibility index (Phi) is 5.01. The molecule has 0 amide bonds. The number of anilines is 3. The highest BCUT2D eigenvalue weighted by atomic mass is 16.3. The molecular weight excluding hydrogens is 647 g/mol. The van der Waals surface area contributed by atoms with E-state index in [9.17, 15) is 11.0 Å². The molecule has 0 radical (unpaired) electrons. The minimum absolute atomic E-state index is 0.0653. The van der Waals surface area contributed by atoms with Crippen molar-refractivity contribution in [3.8, 4) is 22.3 Å². The molecule has 11 aromatic rings. The first-order valence-corrected chi connectivity index (χ1v) is 17.4. The number of benzene rings is 9. The summed E-state index contributed by atoms with van der Waals surface area (Å²) in [5.41, 5.74) is 3.27. The number of rotatable bonds is 5. The van der Waals surface area contributed by atoms with E-state index < -0.39 is 24.2 Å². The average molecular weight is 686 g/mol. The zero-order valence-electron chi connectivity index (χ0n) is 36.0. The van der Waals surface area contributed by atoms with Crippen LogP contribution in [0.3, 0.4) is 0 Å². The minimum Gasteiger partial charge on any atom is -0.456 e. The average Bonchev–Trinajstić information content (AvgIpc) is 3.86. The van der Waals surface area contributed by atoms with Crippen molar-refractivity contribution in [3.63, 3.8) is 0 Å². The lowest BCUT2D eigenvalue weighted by Gasteiger charge is -2.26. The fourth-order valence-corrected chi connectivity index (χ4v) is 7.42. The summed E-state index contributed by atoms with van der Waals surface area (Å²) in [4.78, 5) is 1.36. The maximum absolute atomic E-state index is 9.67. The van der Waals surface area contributed by atoms with E-state index in [-0.39, 0.29) is 46.7 Å². The van der Waals surface area contributed by atoms with Crippen LogP contribution in [0.5, 0.6) is 0 Å². The Morgan fingerprint density at radius 2 is 0.981 bits per heavy atom. The molecule has 3 heteroatoms. The Hall–Kier alpha value is -7.10. The smallest absolute Gasteiger partial charge is 0.143 e. The van der Waals surface area contributed by atoms with Crippen molar-refractivity contribution >= 4 is 82.5 Å². The van der Waals surface area contributed by atoms with Gasteiger partial charge in [0.05, 0.1) is 22.0 Å². The van der Waals surface area contributed by atoms with E-state index in [0.717, 1.165) is 32.3 Å². The summed E-state index contributed by atoms with van der Waals surface area (Å²) in [6, 6.07) is 39.9. The zero-order chi connectivity index (χ0) is 41.8. The summed E-state index contributed by atoms with van der Waals surface area (Å²) < 4.78 is 89.0. The molecule has 0 fully saturated rings. The number of para-hydroxylation sites is 1. The SMILES string of the molecule is [2H]c1c([2H])c(N(c2c([2H])c([2H])c(-c3ccc4oc5ccccc5c4c3)c([2H])c2[2H])c2cccc3oc4c5ccccc5ccc4c23)c([2H])c([2H])c1-c1ccc2ccccc2c1. The van der Waals surface area contributed by atoms with Crippen LogP contribution in [0.4, 0.5) is 17.1 Å². The highest BCUT2D eigenvalue weighted by Crippen LogP contribution is 2.45. The molecule has 11 rings (SSSR count). The lowest BCUT2D eigenvalue weighted by Crippen LogP contribution is -2.10. The Bertz CT molecular complexity index is 3610. The maximum atomic E-state index is 9.67. The van der Waals surface area contributed by atoms with E-state index in [0.29, 0.717) is 49.9 Å². The molecule has 0 aliphatic heterocycles. The van der Waals surface area contributed by atoms with Crippen molar-refractivity contribution < 1.29 is 19.8 Å². The van der Waals surface area contributed by atoms with Gasteiger partial charge in [0.1, 0.15) is 22.3 Å². The van der Waals surface area contributed by atoms with Gasteiger partial charge in [-0.15, -0.1) is 0 Å². The van der Waals surface area contributed by atoms with Crippen LogP contribution in [-0.4, -0.2) is 0 Å². The summed E-state index contributed by atoms with van der Waals surface area (Å²) in [6.07, 6.45) is 0. The highest BCUT2D eigenvalue weighted by Gasteiger charge is 2.21. The van der Waals surface area contributed by atoms with Crippen LogP contribution in [0, 0.1) is 0 Å². The Morgan fingerprint density at radius 1 is 0.377 bits per heavy atom. The fraction of sp³-hybridized carbons (Fsp3) is 0. The van der Waals surface area contributed by atoms with Crippen LogP contribution in [-0.2, 0) is 0 Å². The van der Waals surface area contributed by atoms with E-state index in [2.05, 4.69) is 0 Å². The summed E-state index contributed by atoms with van der Waals surface area (Å²) in [5.74, 6) is 0. The van der Waals surface area contributed by atoms with E-state index in [1.54, 1.807) is 42.5 Å². The third-order valence-electron chi connectivity index (χ3n) is 9.98. The molecule has 0 atom stereocenters. The second kappa shape index (κ2) is 11.7. The van der Waals surface area contributed by atoms with Gasteiger partial charge < -0.3 is 13.7 Å². The Balaban J connectivity index is 1.20. The quantitative estimate of drug-likeness (QED) is 0.181. The third kappa shape index (κ3) is 4.82. The first-order valence-electron chi connectivity index (χ1n) is 21.4. The Morgan fingerprint density at radius 3 is 1.77 bits per heavy atom. The largest absolute Gasteiger partial charge is 0.456 e. The molecule has 248 valence electrons. The molecule has 0 aliphatic rings. The van der Waals surface area contributed by atoms with Crippen LogP contribution in [0.2, 0.25) is 0 Å². The predicted octanol–water partition coefficient (Wildman–Crippen LogP) is 14.6. The van der Waals surface area contributed by atoms with Crippen molar-refractivity contribution in [2.75, 3.05) is 4.90 Å². The van der Waals surface area contributed by atoms with Crippen molar-refractivity contribution in [2.45, 2.75) is 0 Å². The zero-order valence-corrected chi connectivity index (χ0v) is 28.0. The monoisotopic (exact) mass is 685 g/mol. The topological polar surface area (TPSA) is 29.5 Å². The maximum Gasteiger partial charge on any atom is 0.143 e. The predicted molar refractivity (Wildman–Crippen MR) is 222 cm³/mol. The first-order chi connectivity index (χ1) is 29.6. The van der Waals surface area contributed by atoms with Gasteiger partial charge in [0, 0.05) is 32.9 Å². The standard InChI is InChI=1S/C50H31NO2/c1-2-10-36-30-37(17-16-32(36)8-1)33-18-24-39(25-19-33)51(45-13-7-15-48-49(45)43-28-22-35-9-3-4-11-41(35)50(43)53-48)40-26-20-34(21-27-40)38-23-29-47-44(31-38)42-12-5-6-14-46(42)52-47/h1-31H/i18D,19D,20D,21D,24D,25D,26D,27D. The molecule has 9 aromatic carbocycles. The number of hydrogen-bond acceptors (Lipinski definition) is 3. The first kappa shape index (κ1) is 22.7. The van der Waals surface area contributed by atoms with Gasteiger partial charge in [-0.3, -0.25) is 0 Å². The van der Waals surface area contributed by atoms with Crippen LogP contribution in [0.15, 0.2) is 197 Å². The van der Waals surface area contributed by atoms with Gasteiger partial charge in [0.25, 0.3) is 0 Å². The van der Waals surface area contributed by atoms with Crippen LogP contribution in [0.25, 0.3) is 87.7 Å². The fourth-order valence-electron chi connectivity index (χ4n) is 7.42. The lowest BCUT2D eigenvalue weighted by molar-refractivity contribution is 0.669. The van der Waals surface area contributed by atoms with Crippen molar-refractivity contribution in [1.82, 2.24) is 0 Å². The van der Waals surface area contributed by atoms with Gasteiger partial charge in [-0.05, 0) is 105 Å². The second-order valence-corrected chi connectivity index (χ2v) is 13.1. The molecule has 0 spiro atoms. The van der Waals surface area contributed by atoms with E-state index in [1.807, 2.05) is 97.1 Å². The van der Waals surface area contributed by atoms with Crippen LogP contribution < -0.4 is 4.90 Å². The number of nitrogens with zero attached hydrogens (tertiary/aromatic N) is 1.